The van der Waals surface area contributed by atoms with Gasteiger partial charge in [0.1, 0.15) is 17.9 Å². The summed E-state index contributed by atoms with van der Waals surface area (Å²) in [5.74, 6) is 3.22. The molecule has 1 unspecified atom stereocenters. The van der Waals surface area contributed by atoms with Gasteiger partial charge >= 0.3 is 0 Å². The third kappa shape index (κ3) is 5.11. The van der Waals surface area contributed by atoms with Crippen LogP contribution >= 0.6 is 0 Å². The lowest BCUT2D eigenvalue weighted by atomic mass is 9.96. The van der Waals surface area contributed by atoms with Gasteiger partial charge in [0.25, 0.3) is 0 Å². The molecule has 1 aromatic carbocycles. The maximum Gasteiger partial charge on any atom is 0.231 e. The van der Waals surface area contributed by atoms with Gasteiger partial charge in [-0.15, -0.1) is 0 Å². The molecule has 1 fully saturated rings. The van der Waals surface area contributed by atoms with Crippen LogP contribution in [0, 0.1) is 19.8 Å². The maximum atomic E-state index is 13.0. The van der Waals surface area contributed by atoms with Gasteiger partial charge in [-0.3, -0.25) is 4.79 Å². The van der Waals surface area contributed by atoms with Gasteiger partial charge in [-0.05, 0) is 64.7 Å². The Morgan fingerprint density at radius 1 is 1.18 bits per heavy atom. The maximum absolute atomic E-state index is 13.0. The zero-order valence-corrected chi connectivity index (χ0v) is 20.5. The minimum atomic E-state index is -0.0774. The van der Waals surface area contributed by atoms with Crippen LogP contribution in [-0.4, -0.2) is 48.7 Å². The molecule has 3 heterocycles. The fourth-order valence-corrected chi connectivity index (χ4v) is 4.51. The third-order valence-corrected chi connectivity index (χ3v) is 6.36. The van der Waals surface area contributed by atoms with Crippen LogP contribution in [0.25, 0.3) is 11.1 Å². The molecule has 0 radical (unpaired) electrons. The van der Waals surface area contributed by atoms with Crippen molar-refractivity contribution >= 4 is 22.8 Å². The van der Waals surface area contributed by atoms with Crippen LogP contribution in [0.1, 0.15) is 43.6 Å². The molecule has 1 N–H and O–H groups in total. The average molecular weight is 467 g/mol. The van der Waals surface area contributed by atoms with Crippen molar-refractivity contribution in [3.05, 3.63) is 41.4 Å². The first-order chi connectivity index (χ1) is 16.5. The molecule has 1 aliphatic heterocycles. The molecule has 0 saturated carbocycles. The summed E-state index contributed by atoms with van der Waals surface area (Å²) in [7, 11) is 0. The number of aromatic nitrogens is 2. The summed E-state index contributed by atoms with van der Waals surface area (Å²) < 4.78 is 17.1. The van der Waals surface area contributed by atoms with Crippen molar-refractivity contribution in [1.29, 1.82) is 0 Å². The largest absolute Gasteiger partial charge is 0.490 e. The van der Waals surface area contributed by atoms with E-state index in [-0.39, 0.29) is 11.8 Å². The Morgan fingerprint density at radius 2 is 1.97 bits per heavy atom. The number of furan rings is 1. The van der Waals surface area contributed by atoms with E-state index in [0.717, 1.165) is 65.4 Å². The first kappa shape index (κ1) is 23.9. The summed E-state index contributed by atoms with van der Waals surface area (Å²) in [5, 5.41) is 4.07. The van der Waals surface area contributed by atoms with Gasteiger partial charge in [0, 0.05) is 25.2 Å². The zero-order chi connectivity index (χ0) is 24.1. The predicted molar refractivity (Wildman–Crippen MR) is 132 cm³/mol. The van der Waals surface area contributed by atoms with Crippen LogP contribution in [0.15, 0.2) is 28.9 Å². The van der Waals surface area contributed by atoms with Crippen LogP contribution < -0.4 is 19.7 Å². The van der Waals surface area contributed by atoms with E-state index in [2.05, 4.69) is 20.2 Å². The number of anilines is 1. The number of carbonyl (C=O) groups excluding carboxylic acids is 1. The van der Waals surface area contributed by atoms with Gasteiger partial charge in [0.2, 0.25) is 11.6 Å². The summed E-state index contributed by atoms with van der Waals surface area (Å²) in [6.07, 6.45) is 4.08. The van der Waals surface area contributed by atoms with E-state index in [1.807, 2.05) is 45.9 Å². The summed E-state index contributed by atoms with van der Waals surface area (Å²) in [6.45, 7) is 11.1. The van der Waals surface area contributed by atoms with E-state index in [0.29, 0.717) is 32.0 Å². The van der Waals surface area contributed by atoms with Crippen LogP contribution in [0.3, 0.4) is 0 Å². The molecule has 8 heteroatoms. The number of piperidine rings is 1. The first-order valence-electron chi connectivity index (χ1n) is 12.1. The second-order valence-electron chi connectivity index (χ2n) is 8.63. The Kier molecular flexibility index (Phi) is 7.55. The molecule has 1 saturated heterocycles. The Hall–Kier alpha value is -3.29. The Morgan fingerprint density at radius 3 is 2.76 bits per heavy atom. The van der Waals surface area contributed by atoms with Crippen molar-refractivity contribution in [3.8, 4) is 11.5 Å². The van der Waals surface area contributed by atoms with Crippen molar-refractivity contribution in [2.75, 3.05) is 37.7 Å². The molecule has 34 heavy (non-hydrogen) atoms. The third-order valence-electron chi connectivity index (χ3n) is 6.36. The van der Waals surface area contributed by atoms with Gasteiger partial charge in [0.05, 0.1) is 24.5 Å². The number of fused-ring (bicyclic) bond motifs is 1. The highest BCUT2D eigenvalue weighted by Crippen LogP contribution is 2.33. The number of rotatable bonds is 9. The number of aryl methyl sites for hydroxylation is 2. The molecule has 1 atom stereocenters. The smallest absolute Gasteiger partial charge is 0.231 e. The molecule has 1 aliphatic rings. The molecule has 8 nitrogen and oxygen atoms in total. The molecule has 182 valence electrons. The highest BCUT2D eigenvalue weighted by molar-refractivity contribution is 5.90. The molecular weight excluding hydrogens is 432 g/mol. The van der Waals surface area contributed by atoms with Gasteiger partial charge in [-0.1, -0.05) is 6.07 Å². The second-order valence-corrected chi connectivity index (χ2v) is 8.63. The van der Waals surface area contributed by atoms with E-state index in [1.165, 1.54) is 6.33 Å². The number of nitrogens with zero attached hydrogens (tertiary/aromatic N) is 3. The summed E-state index contributed by atoms with van der Waals surface area (Å²) in [6, 6.07) is 5.96. The van der Waals surface area contributed by atoms with Crippen molar-refractivity contribution in [1.82, 2.24) is 15.3 Å². The topological polar surface area (TPSA) is 89.7 Å². The van der Waals surface area contributed by atoms with E-state index < -0.39 is 0 Å². The van der Waals surface area contributed by atoms with Crippen molar-refractivity contribution in [2.45, 2.75) is 47.0 Å². The predicted octanol–water partition coefficient (Wildman–Crippen LogP) is 4.21. The van der Waals surface area contributed by atoms with Crippen molar-refractivity contribution in [2.24, 2.45) is 5.92 Å². The molecule has 0 aliphatic carbocycles. The molecular formula is C26H34N4O4. The summed E-state index contributed by atoms with van der Waals surface area (Å²) >= 11 is 0. The number of hydrogen-bond acceptors (Lipinski definition) is 7. The molecule has 4 rings (SSSR count). The summed E-state index contributed by atoms with van der Waals surface area (Å²) in [4.78, 5) is 24.0. The number of ether oxygens (including phenoxy) is 2. The van der Waals surface area contributed by atoms with Gasteiger partial charge < -0.3 is 24.1 Å². The lowest BCUT2D eigenvalue weighted by Gasteiger charge is -2.33. The minimum Gasteiger partial charge on any atom is -0.490 e. The van der Waals surface area contributed by atoms with E-state index in [4.69, 9.17) is 13.9 Å². The van der Waals surface area contributed by atoms with Gasteiger partial charge in [0.15, 0.2) is 11.5 Å². The quantitative estimate of drug-likeness (QED) is 0.505. The number of carbonyl (C=O) groups is 1. The van der Waals surface area contributed by atoms with Crippen LogP contribution in [0.5, 0.6) is 11.5 Å². The standard InChI is InChI=1S/C26H34N4O4/c1-5-32-21-10-9-19(14-22(21)33-6-2)11-12-27-25(31)20-8-7-13-30(15-20)24-23-17(3)18(4)34-26(23)29-16-28-24/h9-10,14,16,20H,5-8,11-13,15H2,1-4H3,(H,27,31). The molecule has 3 aromatic rings. The van der Waals surface area contributed by atoms with Crippen molar-refractivity contribution in [3.63, 3.8) is 0 Å². The van der Waals surface area contributed by atoms with Crippen LogP contribution in [0.4, 0.5) is 5.82 Å². The number of benzene rings is 1. The van der Waals surface area contributed by atoms with Gasteiger partial charge in [-0.25, -0.2) is 9.97 Å². The van der Waals surface area contributed by atoms with E-state index >= 15 is 0 Å². The Bertz CT molecular complexity index is 1140. The van der Waals surface area contributed by atoms with E-state index in [1.54, 1.807) is 0 Å². The minimum absolute atomic E-state index is 0.0774. The number of hydrogen-bond donors (Lipinski definition) is 1. The fourth-order valence-electron chi connectivity index (χ4n) is 4.51. The summed E-state index contributed by atoms with van der Waals surface area (Å²) in [5.41, 5.74) is 2.76. The highest BCUT2D eigenvalue weighted by Gasteiger charge is 2.28. The SMILES string of the molecule is CCOc1ccc(CCNC(=O)C2CCCN(c3ncnc4oc(C)c(C)c34)C2)cc1OCC. The Balaban J connectivity index is 1.37. The highest BCUT2D eigenvalue weighted by atomic mass is 16.5. The number of nitrogens with one attached hydrogen (secondary N) is 1. The van der Waals surface area contributed by atoms with Crippen LogP contribution in [-0.2, 0) is 11.2 Å². The average Bonchev–Trinajstić information content (AvgIpc) is 3.14. The molecule has 0 bridgehead atoms. The molecule has 0 spiro atoms. The zero-order valence-electron chi connectivity index (χ0n) is 20.5. The Labute approximate surface area is 200 Å². The normalized spacial score (nSPS) is 16.0. The fraction of sp³-hybridized carbons (Fsp3) is 0.500. The van der Waals surface area contributed by atoms with E-state index in [9.17, 15) is 4.79 Å². The second kappa shape index (κ2) is 10.8. The monoisotopic (exact) mass is 466 g/mol. The van der Waals surface area contributed by atoms with Crippen molar-refractivity contribution < 1.29 is 18.7 Å². The molecule has 2 aromatic heterocycles. The van der Waals surface area contributed by atoms with Crippen LogP contribution in [0.2, 0.25) is 0 Å². The molecule has 1 amide bonds. The lowest BCUT2D eigenvalue weighted by Crippen LogP contribution is -2.43. The first-order valence-corrected chi connectivity index (χ1v) is 12.1. The van der Waals surface area contributed by atoms with Gasteiger partial charge in [-0.2, -0.15) is 0 Å². The lowest BCUT2D eigenvalue weighted by molar-refractivity contribution is -0.125. The number of amides is 1.